The van der Waals surface area contributed by atoms with Crippen LogP contribution in [0, 0.1) is 0 Å². The van der Waals surface area contributed by atoms with Gasteiger partial charge in [0.1, 0.15) is 0 Å². The third kappa shape index (κ3) is 8.00. The summed E-state index contributed by atoms with van der Waals surface area (Å²) in [6.45, 7) is 9.78. The van der Waals surface area contributed by atoms with Gasteiger partial charge in [0.15, 0.2) is 0 Å². The van der Waals surface area contributed by atoms with E-state index in [9.17, 15) is 4.79 Å². The van der Waals surface area contributed by atoms with Crippen LogP contribution in [0.15, 0.2) is 0 Å². The van der Waals surface area contributed by atoms with Crippen molar-refractivity contribution < 1.29 is 4.79 Å². The van der Waals surface area contributed by atoms with Crippen molar-refractivity contribution in [3.63, 3.8) is 0 Å². The smallest absolute Gasteiger partial charge is 0.240 e. The van der Waals surface area contributed by atoms with E-state index in [-0.39, 0.29) is 36.8 Å². The molecule has 1 atom stereocenters. The maximum Gasteiger partial charge on any atom is 0.240 e. The lowest BCUT2D eigenvalue weighted by molar-refractivity contribution is -0.128. The Morgan fingerprint density at radius 1 is 1.18 bits per heavy atom. The van der Waals surface area contributed by atoms with Crippen LogP contribution in [0.3, 0.4) is 0 Å². The van der Waals surface area contributed by atoms with Gasteiger partial charge in [-0.1, -0.05) is 33.1 Å². The van der Waals surface area contributed by atoms with Crippen LogP contribution < -0.4 is 11.1 Å². The summed E-state index contributed by atoms with van der Waals surface area (Å²) < 4.78 is 0. The Bertz CT molecular complexity index is 293. The minimum absolute atomic E-state index is 0. The summed E-state index contributed by atoms with van der Waals surface area (Å²) in [5, 5.41) is 3.12. The molecule has 0 heterocycles. The lowest BCUT2D eigenvalue weighted by Crippen LogP contribution is -2.56. The van der Waals surface area contributed by atoms with Crippen LogP contribution in [-0.4, -0.2) is 42.0 Å². The predicted molar refractivity (Wildman–Crippen MR) is 99.1 cm³/mol. The number of nitrogens with one attached hydrogen (secondary N) is 1. The molecule has 134 valence electrons. The first-order chi connectivity index (χ1) is 9.51. The molecular weight excluding hydrogens is 321 g/mol. The fourth-order valence-electron chi connectivity index (χ4n) is 3.01. The molecule has 0 radical (unpaired) electrons. The molecule has 1 unspecified atom stereocenters. The molecule has 1 rings (SSSR count). The van der Waals surface area contributed by atoms with Gasteiger partial charge in [-0.3, -0.25) is 4.79 Å². The Morgan fingerprint density at radius 3 is 2.23 bits per heavy atom. The fourth-order valence-corrected chi connectivity index (χ4v) is 3.01. The van der Waals surface area contributed by atoms with E-state index in [0.717, 1.165) is 58.2 Å². The first-order valence-electron chi connectivity index (χ1n) is 8.34. The van der Waals surface area contributed by atoms with Crippen molar-refractivity contribution in [3.05, 3.63) is 0 Å². The molecule has 0 aromatic heterocycles. The fraction of sp³-hybridized carbons (Fsp3) is 0.938. The zero-order chi connectivity index (χ0) is 15.0. The van der Waals surface area contributed by atoms with E-state index in [0.29, 0.717) is 0 Å². The summed E-state index contributed by atoms with van der Waals surface area (Å²) in [5.74, 6) is 0.0625. The average molecular weight is 356 g/mol. The number of hydrogen-bond acceptors (Lipinski definition) is 3. The minimum Gasteiger partial charge on any atom is -0.352 e. The monoisotopic (exact) mass is 355 g/mol. The topological polar surface area (TPSA) is 58.4 Å². The van der Waals surface area contributed by atoms with E-state index in [1.807, 2.05) is 0 Å². The summed E-state index contributed by atoms with van der Waals surface area (Å²) >= 11 is 0. The highest BCUT2D eigenvalue weighted by Gasteiger charge is 2.35. The molecule has 3 N–H and O–H groups in total. The van der Waals surface area contributed by atoms with Crippen LogP contribution in [0.25, 0.3) is 0 Å². The molecule has 4 nitrogen and oxygen atoms in total. The van der Waals surface area contributed by atoms with Crippen LogP contribution in [0.5, 0.6) is 0 Å². The molecule has 1 amide bonds. The van der Waals surface area contributed by atoms with Crippen LogP contribution in [-0.2, 0) is 4.79 Å². The Balaban J connectivity index is 0. The quantitative estimate of drug-likeness (QED) is 0.703. The number of carbonyl (C=O) groups is 1. The number of amides is 1. The molecule has 6 heteroatoms. The van der Waals surface area contributed by atoms with Gasteiger partial charge in [0.25, 0.3) is 0 Å². The lowest BCUT2D eigenvalue weighted by atomic mass is 9.81. The van der Waals surface area contributed by atoms with Gasteiger partial charge in [0, 0.05) is 6.04 Å². The van der Waals surface area contributed by atoms with E-state index in [4.69, 9.17) is 5.73 Å². The molecule has 0 bridgehead atoms. The second kappa shape index (κ2) is 12.4. The van der Waals surface area contributed by atoms with E-state index in [2.05, 4.69) is 31.0 Å². The van der Waals surface area contributed by atoms with Crippen LogP contribution in [0.2, 0.25) is 0 Å². The second-order valence-corrected chi connectivity index (χ2v) is 6.26. The van der Waals surface area contributed by atoms with Crippen molar-refractivity contribution in [1.29, 1.82) is 0 Å². The lowest BCUT2D eigenvalue weighted by Gasteiger charge is -2.33. The first-order valence-corrected chi connectivity index (χ1v) is 8.34. The minimum atomic E-state index is -0.606. The summed E-state index contributed by atoms with van der Waals surface area (Å²) in [6.07, 6.45) is 7.21. The normalized spacial score (nSPS) is 18.0. The standard InChI is InChI=1S/C16H33N3O.2ClH/c1-4-19(5-2)13-9-10-14(3)18-15(20)16(17)11-7-6-8-12-16;;/h14H,4-13,17H2,1-3H3,(H,18,20);2*1H. The highest BCUT2D eigenvalue weighted by atomic mass is 35.5. The van der Waals surface area contributed by atoms with Gasteiger partial charge in [-0.15, -0.1) is 24.8 Å². The molecule has 1 aliphatic carbocycles. The van der Waals surface area contributed by atoms with E-state index in [1.165, 1.54) is 6.42 Å². The number of nitrogens with zero attached hydrogens (tertiary/aromatic N) is 1. The molecular formula is C16H35Cl2N3O. The van der Waals surface area contributed by atoms with Gasteiger partial charge in [0.05, 0.1) is 5.54 Å². The van der Waals surface area contributed by atoms with Crippen molar-refractivity contribution in [1.82, 2.24) is 10.2 Å². The van der Waals surface area contributed by atoms with Crippen molar-refractivity contribution in [2.75, 3.05) is 19.6 Å². The van der Waals surface area contributed by atoms with Crippen LogP contribution in [0.4, 0.5) is 0 Å². The van der Waals surface area contributed by atoms with Crippen molar-refractivity contribution in [3.8, 4) is 0 Å². The SMILES string of the molecule is CCN(CC)CCCC(C)NC(=O)C1(N)CCCCC1.Cl.Cl. The largest absolute Gasteiger partial charge is 0.352 e. The Labute approximate surface area is 148 Å². The van der Waals surface area contributed by atoms with E-state index < -0.39 is 5.54 Å². The van der Waals surface area contributed by atoms with Crippen molar-refractivity contribution >= 4 is 30.7 Å². The molecule has 0 saturated heterocycles. The number of rotatable bonds is 8. The predicted octanol–water partition coefficient (Wildman–Crippen LogP) is 3.12. The highest BCUT2D eigenvalue weighted by molar-refractivity contribution is 5.86. The molecule has 1 aliphatic rings. The van der Waals surface area contributed by atoms with Crippen LogP contribution >= 0.6 is 24.8 Å². The maximum absolute atomic E-state index is 12.3. The maximum atomic E-state index is 12.3. The number of nitrogens with two attached hydrogens (primary N) is 1. The third-order valence-corrected chi connectivity index (χ3v) is 4.58. The molecule has 0 spiro atoms. The summed E-state index contributed by atoms with van der Waals surface area (Å²) in [7, 11) is 0. The molecule has 0 aromatic carbocycles. The van der Waals surface area contributed by atoms with Crippen LogP contribution in [0.1, 0.15) is 65.7 Å². The molecule has 0 aliphatic heterocycles. The summed E-state index contributed by atoms with van der Waals surface area (Å²) in [4.78, 5) is 14.7. The van der Waals surface area contributed by atoms with Gasteiger partial charge in [-0.25, -0.2) is 0 Å². The zero-order valence-corrected chi connectivity index (χ0v) is 16.0. The number of carbonyl (C=O) groups excluding carboxylic acids is 1. The molecule has 1 saturated carbocycles. The average Bonchev–Trinajstić information content (AvgIpc) is 2.44. The Morgan fingerprint density at radius 2 is 1.73 bits per heavy atom. The van der Waals surface area contributed by atoms with Crippen molar-refractivity contribution in [2.24, 2.45) is 5.73 Å². The Kier molecular flexibility index (Phi) is 13.7. The molecule has 0 aromatic rings. The highest BCUT2D eigenvalue weighted by Crippen LogP contribution is 2.26. The van der Waals surface area contributed by atoms with E-state index >= 15 is 0 Å². The number of hydrogen-bond donors (Lipinski definition) is 2. The van der Waals surface area contributed by atoms with E-state index in [1.54, 1.807) is 0 Å². The zero-order valence-electron chi connectivity index (χ0n) is 14.4. The van der Waals surface area contributed by atoms with Gasteiger partial charge >= 0.3 is 0 Å². The van der Waals surface area contributed by atoms with Crippen molar-refractivity contribution in [2.45, 2.75) is 77.3 Å². The van der Waals surface area contributed by atoms with Gasteiger partial charge in [0.2, 0.25) is 5.91 Å². The Hall–Kier alpha value is -0.0300. The van der Waals surface area contributed by atoms with Gasteiger partial charge in [-0.05, 0) is 52.2 Å². The summed E-state index contributed by atoms with van der Waals surface area (Å²) in [5.41, 5.74) is 5.64. The number of halogens is 2. The second-order valence-electron chi connectivity index (χ2n) is 6.26. The van der Waals surface area contributed by atoms with Gasteiger partial charge in [-0.2, -0.15) is 0 Å². The first kappa shape index (κ1) is 24.2. The molecule has 1 fully saturated rings. The summed E-state index contributed by atoms with van der Waals surface area (Å²) in [6, 6.07) is 0.223. The molecule has 22 heavy (non-hydrogen) atoms. The van der Waals surface area contributed by atoms with Gasteiger partial charge < -0.3 is 16.0 Å². The third-order valence-electron chi connectivity index (χ3n) is 4.58.